The van der Waals surface area contributed by atoms with Gasteiger partial charge in [0.2, 0.25) is 5.91 Å². The minimum Gasteiger partial charge on any atom is -0.484 e. The van der Waals surface area contributed by atoms with Crippen LogP contribution < -0.4 is 10.5 Å². The van der Waals surface area contributed by atoms with Gasteiger partial charge in [-0.25, -0.2) is 0 Å². The lowest BCUT2D eigenvalue weighted by Gasteiger charge is -2.32. The number of ether oxygens (including phenoxy) is 1. The molecule has 0 unspecified atom stereocenters. The molecule has 0 spiro atoms. The molecule has 0 aliphatic carbocycles. The van der Waals surface area contributed by atoms with Gasteiger partial charge in [-0.15, -0.1) is 0 Å². The molecule has 5 nitrogen and oxygen atoms in total. The molecule has 1 aliphatic heterocycles. The summed E-state index contributed by atoms with van der Waals surface area (Å²) < 4.78 is 5.58. The zero-order valence-electron chi connectivity index (χ0n) is 15.1. The number of nitrogens with two attached hydrogens (primary N) is 1. The molecular formula is C22H22N2O3. The van der Waals surface area contributed by atoms with E-state index in [0.717, 1.165) is 24.8 Å². The van der Waals surface area contributed by atoms with Gasteiger partial charge in [0.15, 0.2) is 6.61 Å². The zero-order chi connectivity index (χ0) is 19.1. The van der Waals surface area contributed by atoms with E-state index in [9.17, 15) is 9.59 Å². The number of para-hydroxylation sites is 1. The minimum atomic E-state index is -0.461. The average molecular weight is 362 g/mol. The predicted octanol–water partition coefficient (Wildman–Crippen LogP) is 2.60. The van der Waals surface area contributed by atoms with Crippen molar-refractivity contribution in [3.05, 3.63) is 65.7 Å². The second kappa shape index (κ2) is 8.91. The number of hydrogen-bond donors (Lipinski definition) is 1. The Labute approximate surface area is 159 Å². The molecule has 0 saturated carbocycles. The van der Waals surface area contributed by atoms with Crippen LogP contribution in [0.5, 0.6) is 5.75 Å². The largest absolute Gasteiger partial charge is 0.484 e. The van der Waals surface area contributed by atoms with Crippen LogP contribution in [0.25, 0.3) is 0 Å². The molecule has 138 valence electrons. The van der Waals surface area contributed by atoms with Crippen molar-refractivity contribution < 1.29 is 14.3 Å². The number of rotatable bonds is 4. The van der Waals surface area contributed by atoms with E-state index in [-0.39, 0.29) is 18.6 Å². The molecule has 3 rings (SSSR count). The number of carbonyl (C=O) groups is 2. The van der Waals surface area contributed by atoms with Crippen LogP contribution >= 0.6 is 0 Å². The van der Waals surface area contributed by atoms with Crippen LogP contribution in [-0.2, 0) is 4.79 Å². The van der Waals surface area contributed by atoms with Crippen molar-refractivity contribution >= 4 is 11.8 Å². The van der Waals surface area contributed by atoms with E-state index < -0.39 is 5.91 Å². The Morgan fingerprint density at radius 3 is 2.52 bits per heavy atom. The Hall–Kier alpha value is -3.26. The van der Waals surface area contributed by atoms with Crippen molar-refractivity contribution in [2.75, 3.05) is 13.2 Å². The molecule has 0 aromatic heterocycles. The molecule has 27 heavy (non-hydrogen) atoms. The third-order valence-corrected chi connectivity index (χ3v) is 4.48. The Morgan fingerprint density at radius 1 is 1.07 bits per heavy atom. The van der Waals surface area contributed by atoms with Crippen LogP contribution in [0, 0.1) is 11.8 Å². The van der Waals surface area contributed by atoms with E-state index in [1.807, 2.05) is 30.3 Å². The second-order valence-electron chi connectivity index (χ2n) is 6.41. The lowest BCUT2D eigenvalue weighted by atomic mass is 10.0. The molecule has 2 aromatic carbocycles. The van der Waals surface area contributed by atoms with Gasteiger partial charge in [-0.3, -0.25) is 9.59 Å². The van der Waals surface area contributed by atoms with Crippen molar-refractivity contribution in [2.24, 2.45) is 5.73 Å². The van der Waals surface area contributed by atoms with Gasteiger partial charge in [0, 0.05) is 17.7 Å². The highest BCUT2D eigenvalue weighted by molar-refractivity contribution is 5.92. The smallest absolute Gasteiger partial charge is 0.261 e. The highest BCUT2D eigenvalue weighted by Gasteiger charge is 2.25. The number of benzene rings is 2. The average Bonchev–Trinajstić information content (AvgIpc) is 2.71. The third-order valence-electron chi connectivity index (χ3n) is 4.48. The maximum absolute atomic E-state index is 12.6. The lowest BCUT2D eigenvalue weighted by molar-refractivity contribution is -0.135. The topological polar surface area (TPSA) is 72.6 Å². The van der Waals surface area contributed by atoms with Gasteiger partial charge in [-0.2, -0.15) is 0 Å². The van der Waals surface area contributed by atoms with Crippen LogP contribution in [-0.4, -0.2) is 35.9 Å². The first-order valence-electron chi connectivity index (χ1n) is 9.02. The minimum absolute atomic E-state index is 0.00943. The molecular weight excluding hydrogens is 340 g/mol. The standard InChI is InChI=1S/C22H22N2O3/c23-22(26)18-12-9-17(10-13-18)11-14-19-6-4-5-15-24(19)21(25)16-27-20-7-2-1-3-8-20/h1-3,7-10,12-13,19H,4-6,15-16H2,(H2,23,26)/t19-/m1/s1. The maximum Gasteiger partial charge on any atom is 0.261 e. The number of piperidine rings is 1. The first kappa shape index (κ1) is 18.5. The number of primary amides is 1. The maximum atomic E-state index is 12.6. The highest BCUT2D eigenvalue weighted by Crippen LogP contribution is 2.17. The Kier molecular flexibility index (Phi) is 6.11. The van der Waals surface area contributed by atoms with Crippen molar-refractivity contribution in [1.82, 2.24) is 4.90 Å². The summed E-state index contributed by atoms with van der Waals surface area (Å²) in [5.41, 5.74) is 6.49. The normalized spacial score (nSPS) is 16.1. The zero-order valence-corrected chi connectivity index (χ0v) is 15.1. The molecule has 1 heterocycles. The van der Waals surface area contributed by atoms with Crippen LogP contribution in [0.4, 0.5) is 0 Å². The fourth-order valence-electron chi connectivity index (χ4n) is 3.01. The summed E-state index contributed by atoms with van der Waals surface area (Å²) >= 11 is 0. The summed E-state index contributed by atoms with van der Waals surface area (Å²) in [7, 11) is 0. The van der Waals surface area contributed by atoms with E-state index in [4.69, 9.17) is 10.5 Å². The summed E-state index contributed by atoms with van der Waals surface area (Å²) in [5.74, 6) is 6.47. The van der Waals surface area contributed by atoms with Gasteiger partial charge in [0.25, 0.3) is 5.91 Å². The van der Waals surface area contributed by atoms with Crippen molar-refractivity contribution in [3.8, 4) is 17.6 Å². The van der Waals surface area contributed by atoms with Gasteiger partial charge in [-0.05, 0) is 55.7 Å². The predicted molar refractivity (Wildman–Crippen MR) is 103 cm³/mol. The van der Waals surface area contributed by atoms with Crippen LogP contribution in [0.2, 0.25) is 0 Å². The van der Waals surface area contributed by atoms with E-state index in [2.05, 4.69) is 11.8 Å². The van der Waals surface area contributed by atoms with Crippen molar-refractivity contribution in [2.45, 2.75) is 25.3 Å². The SMILES string of the molecule is NC(=O)c1ccc(C#C[C@H]2CCCCN2C(=O)COc2ccccc2)cc1. The van der Waals surface area contributed by atoms with Gasteiger partial charge in [-0.1, -0.05) is 30.0 Å². The first-order chi connectivity index (χ1) is 13.1. The number of nitrogens with zero attached hydrogens (tertiary/aromatic N) is 1. The fourth-order valence-corrected chi connectivity index (χ4v) is 3.01. The fraction of sp³-hybridized carbons (Fsp3) is 0.273. The van der Waals surface area contributed by atoms with E-state index in [1.54, 1.807) is 29.2 Å². The number of carbonyl (C=O) groups excluding carboxylic acids is 2. The monoisotopic (exact) mass is 362 g/mol. The quantitative estimate of drug-likeness (QED) is 0.850. The van der Waals surface area contributed by atoms with Gasteiger partial charge in [0.1, 0.15) is 5.75 Å². The molecule has 2 amide bonds. The summed E-state index contributed by atoms with van der Waals surface area (Å²) in [6.45, 7) is 0.701. The Balaban J connectivity index is 1.64. The van der Waals surface area contributed by atoms with Crippen LogP contribution in [0.15, 0.2) is 54.6 Å². The molecule has 2 N–H and O–H groups in total. The highest BCUT2D eigenvalue weighted by atomic mass is 16.5. The van der Waals surface area contributed by atoms with Gasteiger partial charge in [0.05, 0.1) is 6.04 Å². The number of hydrogen-bond acceptors (Lipinski definition) is 3. The van der Waals surface area contributed by atoms with Crippen LogP contribution in [0.3, 0.4) is 0 Å². The molecule has 0 bridgehead atoms. The summed E-state index contributed by atoms with van der Waals surface area (Å²) in [5, 5.41) is 0. The van der Waals surface area contributed by atoms with Crippen LogP contribution in [0.1, 0.15) is 35.2 Å². The van der Waals surface area contributed by atoms with E-state index in [1.165, 1.54) is 0 Å². The molecule has 1 saturated heterocycles. The number of amides is 2. The molecule has 1 fully saturated rings. The summed E-state index contributed by atoms with van der Waals surface area (Å²) in [6, 6.07) is 16.0. The summed E-state index contributed by atoms with van der Waals surface area (Å²) in [4.78, 5) is 25.5. The molecule has 1 aliphatic rings. The number of likely N-dealkylation sites (tertiary alicyclic amines) is 1. The van der Waals surface area contributed by atoms with Crippen molar-refractivity contribution in [1.29, 1.82) is 0 Å². The Bertz CT molecular complexity index is 851. The molecule has 1 atom stereocenters. The summed E-state index contributed by atoms with van der Waals surface area (Å²) in [6.07, 6.45) is 2.87. The Morgan fingerprint density at radius 2 is 1.81 bits per heavy atom. The second-order valence-corrected chi connectivity index (χ2v) is 6.41. The molecule has 0 radical (unpaired) electrons. The lowest BCUT2D eigenvalue weighted by Crippen LogP contribution is -2.45. The third kappa shape index (κ3) is 5.11. The first-order valence-corrected chi connectivity index (χ1v) is 9.02. The van der Waals surface area contributed by atoms with Gasteiger partial charge >= 0.3 is 0 Å². The van der Waals surface area contributed by atoms with Gasteiger partial charge < -0.3 is 15.4 Å². The molecule has 2 aromatic rings. The van der Waals surface area contributed by atoms with E-state index in [0.29, 0.717) is 17.9 Å². The van der Waals surface area contributed by atoms with E-state index >= 15 is 0 Å². The molecule has 5 heteroatoms. The van der Waals surface area contributed by atoms with Crippen molar-refractivity contribution in [3.63, 3.8) is 0 Å².